The minimum atomic E-state index is -0.813. The van der Waals surface area contributed by atoms with Crippen LogP contribution in [0.5, 0.6) is 11.5 Å². The quantitative estimate of drug-likeness (QED) is 0.865. The van der Waals surface area contributed by atoms with E-state index in [0.29, 0.717) is 23.1 Å². The molecule has 1 aromatic carbocycles. The molecule has 2 N–H and O–H groups in total. The maximum atomic E-state index is 10.9. The lowest BCUT2D eigenvalue weighted by Gasteiger charge is -2.12. The Bertz CT molecular complexity index is 510. The molecule has 0 spiro atoms. The highest BCUT2D eigenvalue weighted by molar-refractivity contribution is 8.01. The van der Waals surface area contributed by atoms with Crippen molar-refractivity contribution < 1.29 is 19.4 Å². The first-order chi connectivity index (χ1) is 8.65. The molecule has 2 aliphatic heterocycles. The van der Waals surface area contributed by atoms with Gasteiger partial charge in [-0.3, -0.25) is 10.1 Å². The van der Waals surface area contributed by atoms with Crippen molar-refractivity contribution >= 4 is 29.3 Å². The number of ether oxygens (including phenoxy) is 2. The fourth-order valence-corrected chi connectivity index (χ4v) is 3.44. The smallest absolute Gasteiger partial charge is 0.318 e. The summed E-state index contributed by atoms with van der Waals surface area (Å²) in [7, 11) is 0. The predicted molar refractivity (Wildman–Crippen MR) is 67.3 cm³/mol. The summed E-state index contributed by atoms with van der Waals surface area (Å²) in [5.41, 5.74) is 0.828. The van der Waals surface area contributed by atoms with Crippen LogP contribution in [-0.2, 0) is 4.79 Å². The van der Waals surface area contributed by atoms with Gasteiger partial charge in [0.2, 0.25) is 6.79 Å². The number of carbonyl (C=O) groups is 1. The van der Waals surface area contributed by atoms with Crippen LogP contribution in [0.1, 0.15) is 10.9 Å². The normalized spacial score (nSPS) is 25.4. The molecule has 2 aliphatic rings. The van der Waals surface area contributed by atoms with Crippen LogP contribution in [0.25, 0.3) is 0 Å². The Labute approximate surface area is 112 Å². The van der Waals surface area contributed by atoms with E-state index >= 15 is 0 Å². The first-order valence-electron chi connectivity index (χ1n) is 5.36. The minimum absolute atomic E-state index is 0.131. The lowest BCUT2D eigenvalue weighted by molar-refractivity contribution is -0.136. The van der Waals surface area contributed by atoms with Crippen LogP contribution in [0.2, 0.25) is 5.02 Å². The number of hydrogen-bond donors (Lipinski definition) is 2. The number of rotatable bonds is 2. The van der Waals surface area contributed by atoms with Gasteiger partial charge >= 0.3 is 5.97 Å². The molecule has 1 fully saturated rings. The Balaban J connectivity index is 1.87. The summed E-state index contributed by atoms with van der Waals surface area (Å²) >= 11 is 7.52. The van der Waals surface area contributed by atoms with Crippen molar-refractivity contribution in [2.75, 3.05) is 13.3 Å². The van der Waals surface area contributed by atoms with Crippen LogP contribution in [-0.4, -0.2) is 29.7 Å². The second-order valence-electron chi connectivity index (χ2n) is 3.98. The van der Waals surface area contributed by atoms with Gasteiger partial charge in [-0.25, -0.2) is 0 Å². The van der Waals surface area contributed by atoms with E-state index in [2.05, 4.69) is 5.32 Å². The molecule has 2 atom stereocenters. The zero-order chi connectivity index (χ0) is 12.7. The minimum Gasteiger partial charge on any atom is -0.480 e. The van der Waals surface area contributed by atoms with E-state index in [0.717, 1.165) is 5.56 Å². The van der Waals surface area contributed by atoms with Crippen LogP contribution in [0, 0.1) is 0 Å². The van der Waals surface area contributed by atoms with Crippen LogP contribution >= 0.6 is 23.4 Å². The number of fused-ring (bicyclic) bond motifs is 1. The number of nitrogens with one attached hydrogen (secondary N) is 1. The Morgan fingerprint density at radius 3 is 2.83 bits per heavy atom. The van der Waals surface area contributed by atoms with Crippen molar-refractivity contribution in [2.45, 2.75) is 10.6 Å². The molecule has 0 bridgehead atoms. The molecular weight excluding hydrogens is 278 g/mol. The predicted octanol–water partition coefficient (Wildman–Crippen LogP) is 1.86. The van der Waals surface area contributed by atoms with E-state index < -0.39 is 11.2 Å². The molecule has 0 radical (unpaired) electrons. The van der Waals surface area contributed by atoms with Gasteiger partial charge in [0.1, 0.15) is 5.25 Å². The van der Waals surface area contributed by atoms with Gasteiger partial charge in [0.25, 0.3) is 0 Å². The third-order valence-electron chi connectivity index (χ3n) is 2.84. The number of thioether (sulfide) groups is 1. The third-order valence-corrected chi connectivity index (χ3v) is 4.56. The summed E-state index contributed by atoms with van der Waals surface area (Å²) in [6, 6.07) is 3.51. The maximum Gasteiger partial charge on any atom is 0.318 e. The van der Waals surface area contributed by atoms with Crippen LogP contribution in [0.3, 0.4) is 0 Å². The average molecular weight is 288 g/mol. The maximum absolute atomic E-state index is 10.9. The fraction of sp³-hybridized carbons (Fsp3) is 0.364. The van der Waals surface area contributed by atoms with Gasteiger partial charge < -0.3 is 14.6 Å². The highest BCUT2D eigenvalue weighted by atomic mass is 35.5. The molecule has 2 heterocycles. The topological polar surface area (TPSA) is 67.8 Å². The van der Waals surface area contributed by atoms with Gasteiger partial charge in [-0.2, -0.15) is 0 Å². The lowest BCUT2D eigenvalue weighted by Crippen LogP contribution is -2.21. The van der Waals surface area contributed by atoms with Gasteiger partial charge in [0.15, 0.2) is 11.5 Å². The molecule has 0 saturated carbocycles. The number of aliphatic carboxylic acids is 1. The zero-order valence-corrected chi connectivity index (χ0v) is 10.8. The van der Waals surface area contributed by atoms with Crippen LogP contribution in [0.4, 0.5) is 0 Å². The van der Waals surface area contributed by atoms with E-state index in [9.17, 15) is 4.79 Å². The molecule has 0 unspecified atom stereocenters. The molecule has 18 heavy (non-hydrogen) atoms. The van der Waals surface area contributed by atoms with Crippen LogP contribution in [0.15, 0.2) is 12.1 Å². The van der Waals surface area contributed by atoms with Crippen LogP contribution < -0.4 is 14.8 Å². The summed E-state index contributed by atoms with van der Waals surface area (Å²) in [4.78, 5) is 10.9. The van der Waals surface area contributed by atoms with Crippen molar-refractivity contribution in [1.29, 1.82) is 0 Å². The number of carboxylic acid groups (broad SMARTS) is 1. The molecule has 1 saturated heterocycles. The van der Waals surface area contributed by atoms with E-state index in [1.165, 1.54) is 11.8 Å². The third kappa shape index (κ3) is 2.00. The highest BCUT2D eigenvalue weighted by Gasteiger charge is 2.33. The first kappa shape index (κ1) is 12.0. The van der Waals surface area contributed by atoms with E-state index in [-0.39, 0.29) is 12.2 Å². The summed E-state index contributed by atoms with van der Waals surface area (Å²) < 4.78 is 10.5. The number of hydrogen-bond acceptors (Lipinski definition) is 5. The monoisotopic (exact) mass is 287 g/mol. The van der Waals surface area contributed by atoms with Crippen molar-refractivity contribution in [3.05, 3.63) is 22.7 Å². The zero-order valence-electron chi connectivity index (χ0n) is 9.18. The molecule has 0 aromatic heterocycles. The Kier molecular flexibility index (Phi) is 3.01. The SMILES string of the molecule is O=C(O)[C@@H]1CN[C@H](c2cc3c(cc2Cl)OCO3)S1. The number of benzene rings is 1. The molecule has 1 aromatic rings. The Hall–Kier alpha value is -1.11. The van der Waals surface area contributed by atoms with Crippen molar-refractivity contribution in [3.8, 4) is 11.5 Å². The average Bonchev–Trinajstić information content (AvgIpc) is 2.94. The second kappa shape index (κ2) is 4.53. The number of halogens is 1. The summed E-state index contributed by atoms with van der Waals surface area (Å²) in [6.45, 7) is 0.619. The van der Waals surface area contributed by atoms with Gasteiger partial charge in [-0.1, -0.05) is 11.6 Å². The van der Waals surface area contributed by atoms with Crippen molar-refractivity contribution in [2.24, 2.45) is 0 Å². The van der Waals surface area contributed by atoms with Gasteiger partial charge in [-0.15, -0.1) is 11.8 Å². The summed E-state index contributed by atoms with van der Waals surface area (Å²) in [5.74, 6) is 0.462. The molecule has 0 amide bonds. The van der Waals surface area contributed by atoms with Gasteiger partial charge in [-0.05, 0) is 6.07 Å². The largest absolute Gasteiger partial charge is 0.480 e. The lowest BCUT2D eigenvalue weighted by atomic mass is 10.2. The highest BCUT2D eigenvalue weighted by Crippen LogP contribution is 2.44. The van der Waals surface area contributed by atoms with E-state index in [4.69, 9.17) is 26.2 Å². The first-order valence-corrected chi connectivity index (χ1v) is 6.68. The van der Waals surface area contributed by atoms with E-state index in [1.807, 2.05) is 0 Å². The van der Waals surface area contributed by atoms with Crippen molar-refractivity contribution in [1.82, 2.24) is 5.32 Å². The standard InChI is InChI=1S/C11H10ClNO4S/c12-6-2-8-7(16-4-17-8)1-5(6)10-13-3-9(18-10)11(14)15/h1-2,9-10,13H,3-4H2,(H,14,15)/t9-,10-/m0/s1. The van der Waals surface area contributed by atoms with Crippen molar-refractivity contribution in [3.63, 3.8) is 0 Å². The Morgan fingerprint density at radius 2 is 2.17 bits per heavy atom. The molecule has 7 heteroatoms. The summed E-state index contributed by atoms with van der Waals surface area (Å²) in [5, 5.41) is 12.1. The molecular formula is C11H10ClNO4S. The second-order valence-corrected chi connectivity index (χ2v) is 5.70. The molecule has 5 nitrogen and oxygen atoms in total. The number of carboxylic acids is 1. The Morgan fingerprint density at radius 1 is 1.44 bits per heavy atom. The van der Waals surface area contributed by atoms with Gasteiger partial charge in [0, 0.05) is 18.2 Å². The van der Waals surface area contributed by atoms with E-state index in [1.54, 1.807) is 12.1 Å². The van der Waals surface area contributed by atoms with Gasteiger partial charge in [0.05, 0.1) is 10.4 Å². The fourth-order valence-electron chi connectivity index (χ4n) is 1.94. The molecule has 3 rings (SSSR count). The molecule has 96 valence electrons. The molecule has 0 aliphatic carbocycles. The summed E-state index contributed by atoms with van der Waals surface area (Å²) in [6.07, 6.45) is 0.